The second kappa shape index (κ2) is 7.48. The quantitative estimate of drug-likeness (QED) is 0.407. The van der Waals surface area contributed by atoms with E-state index in [0.717, 1.165) is 6.42 Å². The Labute approximate surface area is 164 Å². The zero-order valence-corrected chi connectivity index (χ0v) is 22.0. The summed E-state index contributed by atoms with van der Waals surface area (Å²) in [7, 11) is 0. The Bertz CT molecular complexity index is 815. The summed E-state index contributed by atoms with van der Waals surface area (Å²) in [6, 6.07) is 30.6. The Morgan fingerprint density at radius 1 is 0.680 bits per heavy atom. The van der Waals surface area contributed by atoms with Crippen LogP contribution in [0.5, 0.6) is 0 Å². The SMILES string of the molecule is C1=Cc2ccccc2C1.C[P](C)([SnH3])(c1ccccc1)c1ccccc1. The van der Waals surface area contributed by atoms with Crippen molar-refractivity contribution in [2.75, 3.05) is 13.3 Å². The molecule has 25 heavy (non-hydrogen) atoms. The van der Waals surface area contributed by atoms with Crippen LogP contribution in [-0.2, 0) is 6.42 Å². The number of hydrogen-bond donors (Lipinski definition) is 0. The average molecular weight is 453 g/mol. The summed E-state index contributed by atoms with van der Waals surface area (Å²) in [5.74, 6) is 0. The predicted molar refractivity (Wildman–Crippen MR) is 120 cm³/mol. The van der Waals surface area contributed by atoms with Crippen molar-refractivity contribution >= 4 is 42.9 Å². The van der Waals surface area contributed by atoms with Crippen LogP contribution in [0.3, 0.4) is 0 Å². The van der Waals surface area contributed by atoms with E-state index in [0.29, 0.717) is 22.0 Å². The van der Waals surface area contributed by atoms with Crippen LogP contribution in [0.25, 0.3) is 6.08 Å². The zero-order chi connectivity index (χ0) is 17.8. The summed E-state index contributed by atoms with van der Waals surface area (Å²) in [5, 5.41) is 3.13. The second-order valence-corrected chi connectivity index (χ2v) is 37.4. The topological polar surface area (TPSA) is 0 Å². The number of benzene rings is 3. The van der Waals surface area contributed by atoms with E-state index in [1.54, 1.807) is 10.6 Å². The number of hydrogen-bond acceptors (Lipinski definition) is 0. The van der Waals surface area contributed by atoms with Crippen molar-refractivity contribution in [2.24, 2.45) is 0 Å². The molecule has 3 aromatic carbocycles. The molecular weight excluding hydrogens is 426 g/mol. The molecule has 1 aliphatic rings. The first-order chi connectivity index (χ1) is 12.0. The molecule has 0 N–H and O–H groups in total. The number of allylic oxidation sites excluding steroid dienone is 1. The van der Waals surface area contributed by atoms with Gasteiger partial charge in [-0.1, -0.05) is 36.4 Å². The predicted octanol–water partition coefficient (Wildman–Crippen LogP) is 3.99. The molecule has 1 aliphatic carbocycles. The van der Waals surface area contributed by atoms with Gasteiger partial charge in [-0.3, -0.25) is 0 Å². The van der Waals surface area contributed by atoms with Gasteiger partial charge in [-0.15, -0.1) is 0 Å². The summed E-state index contributed by atoms with van der Waals surface area (Å²) >= 11 is 0.599. The van der Waals surface area contributed by atoms with Crippen molar-refractivity contribution in [3.63, 3.8) is 0 Å². The fraction of sp³-hybridized carbons (Fsp3) is 0.130. The van der Waals surface area contributed by atoms with Crippen molar-refractivity contribution in [3.05, 3.63) is 102 Å². The van der Waals surface area contributed by atoms with Crippen LogP contribution in [0.2, 0.25) is 0 Å². The van der Waals surface area contributed by atoms with Gasteiger partial charge < -0.3 is 0 Å². The van der Waals surface area contributed by atoms with E-state index in [1.165, 1.54) is 11.1 Å². The van der Waals surface area contributed by atoms with Crippen molar-refractivity contribution in [1.82, 2.24) is 0 Å². The molecule has 0 heterocycles. The average Bonchev–Trinajstić information content (AvgIpc) is 3.12. The molecule has 0 bridgehead atoms. The van der Waals surface area contributed by atoms with Crippen LogP contribution in [0.4, 0.5) is 0 Å². The fourth-order valence-electron chi connectivity index (χ4n) is 3.24. The summed E-state index contributed by atoms with van der Waals surface area (Å²) in [6.07, 6.45) is 5.50. The molecule has 0 aliphatic heterocycles. The number of rotatable bonds is 2. The third-order valence-corrected chi connectivity index (χ3v) is 18.1. The van der Waals surface area contributed by atoms with Crippen LogP contribution < -0.4 is 10.6 Å². The molecule has 0 atom stereocenters. The molecule has 0 amide bonds. The zero-order valence-electron chi connectivity index (χ0n) is 15.4. The number of fused-ring (bicyclic) bond motifs is 1. The Hall–Kier alpha value is -1.37. The molecule has 0 spiro atoms. The summed E-state index contributed by atoms with van der Waals surface area (Å²) in [4.78, 5) is 0. The Balaban J connectivity index is 0.000000170. The minimum absolute atomic E-state index is 0.599. The van der Waals surface area contributed by atoms with Gasteiger partial charge in [0.1, 0.15) is 0 Å². The molecule has 0 unspecified atom stereocenters. The first-order valence-electron chi connectivity index (χ1n) is 8.82. The molecule has 3 aromatic rings. The minimum atomic E-state index is -1.72. The third-order valence-electron chi connectivity index (χ3n) is 5.01. The van der Waals surface area contributed by atoms with Gasteiger partial charge in [0.15, 0.2) is 0 Å². The molecule has 0 nitrogen and oxygen atoms in total. The molecule has 0 fully saturated rings. The van der Waals surface area contributed by atoms with Gasteiger partial charge in [0.25, 0.3) is 0 Å². The Morgan fingerprint density at radius 2 is 1.16 bits per heavy atom. The maximum atomic E-state index is 2.51. The van der Waals surface area contributed by atoms with E-state index in [1.807, 2.05) is 0 Å². The molecule has 0 aromatic heterocycles. The van der Waals surface area contributed by atoms with E-state index >= 15 is 0 Å². The van der Waals surface area contributed by atoms with Crippen molar-refractivity contribution in [1.29, 1.82) is 0 Å². The van der Waals surface area contributed by atoms with Gasteiger partial charge in [0.2, 0.25) is 0 Å². The second-order valence-electron chi connectivity index (χ2n) is 7.77. The van der Waals surface area contributed by atoms with Crippen LogP contribution in [0.15, 0.2) is 91.0 Å². The van der Waals surface area contributed by atoms with E-state index in [9.17, 15) is 0 Å². The molecule has 2 heteroatoms. The Morgan fingerprint density at radius 3 is 1.68 bits per heavy atom. The van der Waals surface area contributed by atoms with Crippen LogP contribution in [-0.4, -0.2) is 35.3 Å². The standard InChI is InChI=1S/C14H16P.C9H8.Sn.3H/c1-15(2,13-9-5-3-6-10-13)14-11-7-4-8-12-14;1-2-5-9-7-3-6-8(9)4-1;;;;/h3-12H,1-2H3;1-6H,7H2;;;;/q+1;;-1;;;. The van der Waals surface area contributed by atoms with Crippen molar-refractivity contribution < 1.29 is 0 Å². The van der Waals surface area contributed by atoms with Gasteiger partial charge in [-0.2, -0.15) is 0 Å². The van der Waals surface area contributed by atoms with E-state index in [-0.39, 0.29) is 0 Å². The van der Waals surface area contributed by atoms with Crippen LogP contribution >= 0.6 is 4.26 Å². The first kappa shape index (κ1) is 18.4. The third kappa shape index (κ3) is 4.24. The monoisotopic (exact) mass is 454 g/mol. The van der Waals surface area contributed by atoms with Gasteiger partial charge in [0, 0.05) is 0 Å². The van der Waals surface area contributed by atoms with Crippen LogP contribution in [0, 0.1) is 0 Å². The summed E-state index contributed by atoms with van der Waals surface area (Å²) < 4.78 is -1.72. The Kier molecular flexibility index (Phi) is 5.51. The van der Waals surface area contributed by atoms with E-state index in [2.05, 4.69) is 110 Å². The molecule has 0 saturated heterocycles. The molecule has 128 valence electrons. The van der Waals surface area contributed by atoms with Gasteiger partial charge in [-0.25, -0.2) is 0 Å². The summed E-state index contributed by atoms with van der Waals surface area (Å²) in [6.45, 7) is 5.01. The maximum absolute atomic E-state index is 2.51. The normalized spacial score (nSPS) is 14.1. The van der Waals surface area contributed by atoms with Crippen molar-refractivity contribution in [2.45, 2.75) is 6.42 Å². The van der Waals surface area contributed by atoms with E-state index < -0.39 is 4.26 Å². The van der Waals surface area contributed by atoms with Gasteiger partial charge >= 0.3 is 111 Å². The van der Waals surface area contributed by atoms with Gasteiger partial charge in [0.05, 0.1) is 0 Å². The molecular formula is C23H27PSn. The van der Waals surface area contributed by atoms with Gasteiger partial charge in [-0.05, 0) is 17.5 Å². The molecule has 0 radical (unpaired) electrons. The first-order valence-corrected chi connectivity index (χ1v) is 20.1. The van der Waals surface area contributed by atoms with E-state index in [4.69, 9.17) is 0 Å². The fourth-order valence-corrected chi connectivity index (χ4v) is 11.1. The summed E-state index contributed by atoms with van der Waals surface area (Å²) in [5.41, 5.74) is 2.84. The molecule has 0 saturated carbocycles. The van der Waals surface area contributed by atoms with Crippen molar-refractivity contribution in [3.8, 4) is 0 Å². The van der Waals surface area contributed by atoms with Crippen LogP contribution in [0.1, 0.15) is 11.1 Å². The molecule has 4 rings (SSSR count).